The van der Waals surface area contributed by atoms with Crippen molar-refractivity contribution < 1.29 is 9.53 Å². The van der Waals surface area contributed by atoms with Crippen LogP contribution in [0.5, 0.6) is 0 Å². The summed E-state index contributed by atoms with van der Waals surface area (Å²) in [5, 5.41) is 6.46. The van der Waals surface area contributed by atoms with Gasteiger partial charge in [-0.1, -0.05) is 19.3 Å². The molecule has 2 N–H and O–H groups in total. The standard InChI is InChI=1S/C13H24N2O2/c16-13(11-4-2-1-3-5-11)15-7-6-12-10-17-9-8-14-12/h11-12,14H,1-10H2,(H,15,16). The van der Waals surface area contributed by atoms with E-state index in [1.54, 1.807) is 0 Å². The molecular weight excluding hydrogens is 216 g/mol. The van der Waals surface area contributed by atoms with Crippen LogP contribution in [0.3, 0.4) is 0 Å². The van der Waals surface area contributed by atoms with E-state index in [1.165, 1.54) is 19.3 Å². The number of carbonyl (C=O) groups excluding carboxylic acids is 1. The summed E-state index contributed by atoms with van der Waals surface area (Å²) in [6, 6.07) is 0.412. The lowest BCUT2D eigenvalue weighted by Gasteiger charge is -2.25. The highest BCUT2D eigenvalue weighted by Gasteiger charge is 2.21. The van der Waals surface area contributed by atoms with Gasteiger partial charge in [0.05, 0.1) is 13.2 Å². The van der Waals surface area contributed by atoms with Crippen LogP contribution >= 0.6 is 0 Å². The fourth-order valence-electron chi connectivity index (χ4n) is 2.68. The molecule has 0 spiro atoms. The monoisotopic (exact) mass is 240 g/mol. The minimum Gasteiger partial charge on any atom is -0.379 e. The summed E-state index contributed by atoms with van der Waals surface area (Å²) in [5.74, 6) is 0.542. The van der Waals surface area contributed by atoms with Crippen LogP contribution in [0.15, 0.2) is 0 Å². The lowest BCUT2D eigenvalue weighted by Crippen LogP contribution is -2.43. The Balaban J connectivity index is 1.58. The Kier molecular flexibility index (Phi) is 5.26. The van der Waals surface area contributed by atoms with Crippen molar-refractivity contribution >= 4 is 5.91 Å². The van der Waals surface area contributed by atoms with E-state index in [0.29, 0.717) is 6.04 Å². The molecule has 1 aliphatic carbocycles. The molecule has 2 rings (SSSR count). The highest BCUT2D eigenvalue weighted by atomic mass is 16.5. The normalized spacial score (nSPS) is 26.7. The van der Waals surface area contributed by atoms with E-state index in [1.807, 2.05) is 0 Å². The number of hydrogen-bond donors (Lipinski definition) is 2. The number of hydrogen-bond acceptors (Lipinski definition) is 3. The minimum atomic E-state index is 0.265. The fraction of sp³-hybridized carbons (Fsp3) is 0.923. The third-order valence-corrected chi connectivity index (χ3v) is 3.77. The number of nitrogens with one attached hydrogen (secondary N) is 2. The van der Waals surface area contributed by atoms with Crippen LogP contribution in [0.2, 0.25) is 0 Å². The zero-order valence-electron chi connectivity index (χ0n) is 10.5. The van der Waals surface area contributed by atoms with Gasteiger partial charge in [0.25, 0.3) is 0 Å². The molecule has 1 amide bonds. The molecule has 2 fully saturated rings. The Hall–Kier alpha value is -0.610. The predicted octanol–water partition coefficient (Wildman–Crippen LogP) is 1.06. The molecular formula is C13H24N2O2. The van der Waals surface area contributed by atoms with E-state index in [9.17, 15) is 4.79 Å². The molecule has 0 aromatic rings. The van der Waals surface area contributed by atoms with Gasteiger partial charge in [-0.15, -0.1) is 0 Å². The highest BCUT2D eigenvalue weighted by Crippen LogP contribution is 2.23. The average Bonchev–Trinajstić information content (AvgIpc) is 2.41. The van der Waals surface area contributed by atoms with Gasteiger partial charge in [0.1, 0.15) is 0 Å². The summed E-state index contributed by atoms with van der Waals surface area (Å²) in [7, 11) is 0. The third kappa shape index (κ3) is 4.28. The average molecular weight is 240 g/mol. The Morgan fingerprint density at radius 2 is 2.12 bits per heavy atom. The summed E-state index contributed by atoms with van der Waals surface area (Å²) in [5.41, 5.74) is 0. The second-order valence-electron chi connectivity index (χ2n) is 5.14. The van der Waals surface area contributed by atoms with Crippen LogP contribution in [0.4, 0.5) is 0 Å². The molecule has 1 heterocycles. The lowest BCUT2D eigenvalue weighted by atomic mass is 9.88. The first-order valence-corrected chi connectivity index (χ1v) is 6.95. The molecule has 1 unspecified atom stereocenters. The van der Waals surface area contributed by atoms with Crippen molar-refractivity contribution in [1.82, 2.24) is 10.6 Å². The Morgan fingerprint density at radius 3 is 2.82 bits per heavy atom. The quantitative estimate of drug-likeness (QED) is 0.772. The highest BCUT2D eigenvalue weighted by molar-refractivity contribution is 5.78. The van der Waals surface area contributed by atoms with Crippen molar-refractivity contribution in [2.75, 3.05) is 26.3 Å². The molecule has 4 nitrogen and oxygen atoms in total. The van der Waals surface area contributed by atoms with Crippen LogP contribution < -0.4 is 10.6 Å². The molecule has 2 aliphatic rings. The lowest BCUT2D eigenvalue weighted by molar-refractivity contribution is -0.125. The molecule has 0 radical (unpaired) electrons. The van der Waals surface area contributed by atoms with Crippen molar-refractivity contribution in [3.05, 3.63) is 0 Å². The second kappa shape index (κ2) is 6.97. The molecule has 98 valence electrons. The van der Waals surface area contributed by atoms with Gasteiger partial charge in [0.15, 0.2) is 0 Å². The van der Waals surface area contributed by atoms with Crippen LogP contribution in [0.1, 0.15) is 38.5 Å². The summed E-state index contributed by atoms with van der Waals surface area (Å²) < 4.78 is 5.38. The van der Waals surface area contributed by atoms with E-state index >= 15 is 0 Å². The zero-order valence-corrected chi connectivity index (χ0v) is 10.5. The van der Waals surface area contributed by atoms with E-state index in [0.717, 1.165) is 45.6 Å². The molecule has 1 saturated heterocycles. The van der Waals surface area contributed by atoms with E-state index in [4.69, 9.17) is 4.74 Å². The van der Waals surface area contributed by atoms with E-state index in [2.05, 4.69) is 10.6 Å². The Bertz CT molecular complexity index is 234. The molecule has 4 heteroatoms. The molecule has 0 aromatic carbocycles. The van der Waals surface area contributed by atoms with Crippen molar-refractivity contribution in [2.45, 2.75) is 44.6 Å². The van der Waals surface area contributed by atoms with Crippen molar-refractivity contribution in [1.29, 1.82) is 0 Å². The minimum absolute atomic E-state index is 0.265. The van der Waals surface area contributed by atoms with Crippen molar-refractivity contribution in [2.24, 2.45) is 5.92 Å². The van der Waals surface area contributed by atoms with Crippen LogP contribution in [0, 0.1) is 5.92 Å². The molecule has 0 bridgehead atoms. The van der Waals surface area contributed by atoms with Gasteiger partial charge < -0.3 is 15.4 Å². The number of morpholine rings is 1. The van der Waals surface area contributed by atoms with Gasteiger partial charge in [0, 0.05) is 25.0 Å². The first-order chi connectivity index (χ1) is 8.36. The number of carbonyl (C=O) groups is 1. The third-order valence-electron chi connectivity index (χ3n) is 3.77. The van der Waals surface area contributed by atoms with Gasteiger partial charge in [0.2, 0.25) is 5.91 Å². The maximum Gasteiger partial charge on any atom is 0.223 e. The largest absolute Gasteiger partial charge is 0.379 e. The molecule has 1 atom stereocenters. The maximum atomic E-state index is 11.9. The second-order valence-corrected chi connectivity index (χ2v) is 5.14. The number of amides is 1. The van der Waals surface area contributed by atoms with E-state index < -0.39 is 0 Å². The van der Waals surface area contributed by atoms with Crippen molar-refractivity contribution in [3.63, 3.8) is 0 Å². The van der Waals surface area contributed by atoms with Crippen LogP contribution in [-0.4, -0.2) is 38.3 Å². The van der Waals surface area contributed by atoms with Crippen LogP contribution in [-0.2, 0) is 9.53 Å². The van der Waals surface area contributed by atoms with Gasteiger partial charge in [-0.25, -0.2) is 0 Å². The summed E-state index contributed by atoms with van der Waals surface area (Å²) in [6.07, 6.45) is 6.87. The topological polar surface area (TPSA) is 50.4 Å². The molecule has 1 saturated carbocycles. The number of ether oxygens (including phenoxy) is 1. The van der Waals surface area contributed by atoms with Gasteiger partial charge >= 0.3 is 0 Å². The molecule has 0 aromatic heterocycles. The smallest absolute Gasteiger partial charge is 0.223 e. The summed E-state index contributed by atoms with van der Waals surface area (Å²) in [4.78, 5) is 11.9. The number of rotatable bonds is 4. The maximum absolute atomic E-state index is 11.9. The Morgan fingerprint density at radius 1 is 1.29 bits per heavy atom. The van der Waals surface area contributed by atoms with Crippen LogP contribution in [0.25, 0.3) is 0 Å². The van der Waals surface area contributed by atoms with Gasteiger partial charge in [-0.2, -0.15) is 0 Å². The molecule has 1 aliphatic heterocycles. The SMILES string of the molecule is O=C(NCCC1COCCN1)C1CCCCC1. The van der Waals surface area contributed by atoms with Crippen molar-refractivity contribution in [3.8, 4) is 0 Å². The summed E-state index contributed by atoms with van der Waals surface area (Å²) in [6.45, 7) is 3.29. The summed E-state index contributed by atoms with van der Waals surface area (Å²) >= 11 is 0. The zero-order chi connectivity index (χ0) is 11.9. The fourth-order valence-corrected chi connectivity index (χ4v) is 2.68. The predicted molar refractivity (Wildman–Crippen MR) is 66.8 cm³/mol. The van der Waals surface area contributed by atoms with Gasteiger partial charge in [-0.3, -0.25) is 4.79 Å². The van der Waals surface area contributed by atoms with E-state index in [-0.39, 0.29) is 11.8 Å². The first-order valence-electron chi connectivity index (χ1n) is 6.95. The Labute approximate surface area is 103 Å². The molecule has 17 heavy (non-hydrogen) atoms. The first kappa shape index (κ1) is 12.8. The van der Waals surface area contributed by atoms with Gasteiger partial charge in [-0.05, 0) is 19.3 Å².